The van der Waals surface area contributed by atoms with Crippen LogP contribution in [0.5, 0.6) is 5.75 Å². The molecule has 0 atom stereocenters. The standard InChI is InChI=1S/C31H31NO5/c1-20-8-10-24(11-9-20)29(33)28-21(2)32(27-17-25(36-3)12-13-26(27)28)18-22-6-4-7-23(16-22)19-37-31(30(34)35)14-5-15-31/h4,6-13,16-17H,5,14-15,18-19H2,1-3H3,(H,34,35). The average molecular weight is 498 g/mol. The summed E-state index contributed by atoms with van der Waals surface area (Å²) in [6, 6.07) is 21.5. The van der Waals surface area contributed by atoms with Crippen molar-refractivity contribution in [3.8, 4) is 5.75 Å². The van der Waals surface area contributed by atoms with E-state index < -0.39 is 11.6 Å². The van der Waals surface area contributed by atoms with Gasteiger partial charge in [0.1, 0.15) is 5.75 Å². The van der Waals surface area contributed by atoms with E-state index in [1.807, 2.05) is 80.6 Å². The van der Waals surface area contributed by atoms with Crippen LogP contribution in [0.2, 0.25) is 0 Å². The summed E-state index contributed by atoms with van der Waals surface area (Å²) in [5.41, 5.74) is 5.17. The van der Waals surface area contributed by atoms with Gasteiger partial charge in [-0.1, -0.05) is 54.1 Å². The van der Waals surface area contributed by atoms with Crippen LogP contribution < -0.4 is 4.74 Å². The second kappa shape index (κ2) is 9.87. The van der Waals surface area contributed by atoms with E-state index in [4.69, 9.17) is 9.47 Å². The van der Waals surface area contributed by atoms with Crippen molar-refractivity contribution in [3.63, 3.8) is 0 Å². The summed E-state index contributed by atoms with van der Waals surface area (Å²) < 4.78 is 13.5. The molecule has 4 aromatic rings. The lowest BCUT2D eigenvalue weighted by atomic mass is 9.80. The van der Waals surface area contributed by atoms with Crippen LogP contribution in [0, 0.1) is 13.8 Å². The number of carboxylic acids is 1. The van der Waals surface area contributed by atoms with E-state index in [9.17, 15) is 14.7 Å². The number of ether oxygens (including phenoxy) is 2. The van der Waals surface area contributed by atoms with Gasteiger partial charge in [0, 0.05) is 29.3 Å². The van der Waals surface area contributed by atoms with Gasteiger partial charge in [0.2, 0.25) is 0 Å². The van der Waals surface area contributed by atoms with Gasteiger partial charge in [0.15, 0.2) is 11.4 Å². The molecule has 37 heavy (non-hydrogen) atoms. The molecule has 1 heterocycles. The minimum atomic E-state index is -1.05. The summed E-state index contributed by atoms with van der Waals surface area (Å²) in [4.78, 5) is 25.3. The largest absolute Gasteiger partial charge is 0.497 e. The number of benzene rings is 3. The Morgan fingerprint density at radius 1 is 0.973 bits per heavy atom. The normalized spacial score (nSPS) is 14.4. The Labute approximate surface area is 216 Å². The first-order chi connectivity index (χ1) is 17.8. The van der Waals surface area contributed by atoms with E-state index in [-0.39, 0.29) is 12.4 Å². The van der Waals surface area contributed by atoms with Crippen molar-refractivity contribution in [2.75, 3.05) is 7.11 Å². The second-order valence-electron chi connectivity index (χ2n) is 9.89. The molecule has 5 rings (SSSR count). The third-order valence-electron chi connectivity index (χ3n) is 7.47. The molecule has 0 aliphatic heterocycles. The van der Waals surface area contributed by atoms with Crippen LogP contribution in [0.15, 0.2) is 66.7 Å². The van der Waals surface area contributed by atoms with E-state index in [0.717, 1.165) is 45.5 Å². The van der Waals surface area contributed by atoms with Gasteiger partial charge in [0.25, 0.3) is 0 Å². The number of carbonyl (C=O) groups is 2. The van der Waals surface area contributed by atoms with Gasteiger partial charge in [-0.3, -0.25) is 4.79 Å². The molecule has 0 spiro atoms. The van der Waals surface area contributed by atoms with Crippen LogP contribution in [0.1, 0.15) is 57.6 Å². The Bertz CT molecular complexity index is 1480. The van der Waals surface area contributed by atoms with E-state index in [1.54, 1.807) is 7.11 Å². The summed E-state index contributed by atoms with van der Waals surface area (Å²) in [5.74, 6) is -0.167. The molecule has 1 aliphatic rings. The fourth-order valence-corrected chi connectivity index (χ4v) is 5.06. The summed E-state index contributed by atoms with van der Waals surface area (Å²) in [6.45, 7) is 4.78. The highest BCUT2D eigenvalue weighted by Crippen LogP contribution is 2.37. The molecule has 6 heteroatoms. The zero-order valence-corrected chi connectivity index (χ0v) is 21.4. The van der Waals surface area contributed by atoms with Gasteiger partial charge in [-0.15, -0.1) is 0 Å². The molecule has 0 unspecified atom stereocenters. The monoisotopic (exact) mass is 497 g/mol. The predicted octanol–water partition coefficient (Wildman–Crippen LogP) is 6.07. The number of aromatic nitrogens is 1. The van der Waals surface area contributed by atoms with Crippen LogP contribution in [0.25, 0.3) is 10.9 Å². The minimum absolute atomic E-state index is 0.00645. The summed E-state index contributed by atoms with van der Waals surface area (Å²) >= 11 is 0. The van der Waals surface area contributed by atoms with Crippen LogP contribution in [-0.4, -0.2) is 34.1 Å². The molecule has 0 amide bonds. The summed E-state index contributed by atoms with van der Waals surface area (Å²) in [5, 5.41) is 10.4. The molecule has 1 aromatic heterocycles. The third-order valence-corrected chi connectivity index (χ3v) is 7.47. The molecule has 6 nitrogen and oxygen atoms in total. The zero-order chi connectivity index (χ0) is 26.2. The number of methoxy groups -OCH3 is 1. The first kappa shape index (κ1) is 24.8. The Balaban J connectivity index is 1.49. The highest BCUT2D eigenvalue weighted by Gasteiger charge is 2.45. The number of rotatable bonds is 9. The van der Waals surface area contributed by atoms with Gasteiger partial charge >= 0.3 is 5.97 Å². The maximum atomic E-state index is 13.6. The van der Waals surface area contributed by atoms with E-state index in [0.29, 0.717) is 30.5 Å². The number of fused-ring (bicyclic) bond motifs is 1. The van der Waals surface area contributed by atoms with Crippen molar-refractivity contribution in [2.24, 2.45) is 0 Å². The number of hydrogen-bond donors (Lipinski definition) is 1. The molecular weight excluding hydrogens is 466 g/mol. The van der Waals surface area contributed by atoms with Crippen molar-refractivity contribution in [1.29, 1.82) is 0 Å². The Morgan fingerprint density at radius 2 is 1.70 bits per heavy atom. The van der Waals surface area contributed by atoms with E-state index in [1.165, 1.54) is 0 Å². The lowest BCUT2D eigenvalue weighted by Crippen LogP contribution is -2.47. The topological polar surface area (TPSA) is 77.8 Å². The predicted molar refractivity (Wildman–Crippen MR) is 142 cm³/mol. The van der Waals surface area contributed by atoms with Gasteiger partial charge in [-0.05, 0) is 56.4 Å². The van der Waals surface area contributed by atoms with Gasteiger partial charge in [-0.2, -0.15) is 0 Å². The van der Waals surface area contributed by atoms with Gasteiger partial charge in [-0.25, -0.2) is 4.79 Å². The minimum Gasteiger partial charge on any atom is -0.497 e. The molecule has 1 fully saturated rings. The number of carbonyl (C=O) groups excluding carboxylic acids is 1. The molecule has 1 N–H and O–H groups in total. The quantitative estimate of drug-likeness (QED) is 0.284. The Morgan fingerprint density at radius 3 is 2.35 bits per heavy atom. The zero-order valence-electron chi connectivity index (χ0n) is 21.4. The SMILES string of the molecule is COc1ccc2c(C(=O)c3ccc(C)cc3)c(C)n(Cc3cccc(COC4(C(=O)O)CCC4)c3)c2c1. The number of nitrogens with zero attached hydrogens (tertiary/aromatic N) is 1. The highest BCUT2D eigenvalue weighted by atomic mass is 16.5. The van der Waals surface area contributed by atoms with Crippen LogP contribution >= 0.6 is 0 Å². The molecular formula is C31H31NO5. The number of ketones is 1. The Kier molecular flexibility index (Phi) is 6.61. The van der Waals surface area contributed by atoms with E-state index >= 15 is 0 Å². The van der Waals surface area contributed by atoms with Crippen LogP contribution in [0.4, 0.5) is 0 Å². The van der Waals surface area contributed by atoms with Crippen molar-refractivity contribution < 1.29 is 24.2 Å². The maximum absolute atomic E-state index is 13.6. The van der Waals surface area contributed by atoms with Gasteiger partial charge < -0.3 is 19.1 Å². The number of aliphatic carboxylic acids is 1. The molecule has 0 saturated heterocycles. The second-order valence-corrected chi connectivity index (χ2v) is 9.89. The van der Waals surface area contributed by atoms with Crippen molar-refractivity contribution in [2.45, 2.75) is 51.9 Å². The molecule has 1 saturated carbocycles. The first-order valence-corrected chi connectivity index (χ1v) is 12.5. The van der Waals surface area contributed by atoms with Gasteiger partial charge in [0.05, 0.1) is 24.8 Å². The molecule has 1 aliphatic carbocycles. The molecule has 190 valence electrons. The lowest BCUT2D eigenvalue weighted by molar-refractivity contribution is -0.181. The lowest BCUT2D eigenvalue weighted by Gasteiger charge is -2.37. The fourth-order valence-electron chi connectivity index (χ4n) is 5.06. The van der Waals surface area contributed by atoms with Crippen LogP contribution in [-0.2, 0) is 22.7 Å². The van der Waals surface area contributed by atoms with E-state index in [2.05, 4.69) is 4.57 Å². The third kappa shape index (κ3) is 4.65. The van der Waals surface area contributed by atoms with Crippen molar-refractivity contribution in [1.82, 2.24) is 4.57 Å². The summed E-state index contributed by atoms with van der Waals surface area (Å²) in [7, 11) is 1.63. The molecule has 3 aromatic carbocycles. The summed E-state index contributed by atoms with van der Waals surface area (Å²) in [6.07, 6.45) is 1.98. The first-order valence-electron chi connectivity index (χ1n) is 12.5. The average Bonchev–Trinajstić information content (AvgIpc) is 3.13. The van der Waals surface area contributed by atoms with Crippen molar-refractivity contribution in [3.05, 3.63) is 100 Å². The fraction of sp³-hybridized carbons (Fsp3) is 0.290. The smallest absolute Gasteiger partial charge is 0.335 e. The van der Waals surface area contributed by atoms with Crippen molar-refractivity contribution >= 4 is 22.7 Å². The van der Waals surface area contributed by atoms with Crippen LogP contribution in [0.3, 0.4) is 0 Å². The molecule has 0 bridgehead atoms. The number of carboxylic acid groups (broad SMARTS) is 1. The maximum Gasteiger partial charge on any atom is 0.335 e. The molecule has 0 radical (unpaired) electrons. The Hall–Kier alpha value is -3.90. The highest BCUT2D eigenvalue weighted by molar-refractivity contribution is 6.17. The number of aryl methyl sites for hydroxylation is 1. The number of hydrogen-bond acceptors (Lipinski definition) is 4.